The maximum absolute atomic E-state index is 13.1. The van der Waals surface area contributed by atoms with E-state index >= 15 is 0 Å². The molecule has 0 aliphatic carbocycles. The maximum Gasteiger partial charge on any atom is 0.244 e. The second kappa shape index (κ2) is 9.21. The number of carbonyl (C=O) groups excluding carboxylic acids is 1. The average molecular weight is 431 g/mol. The van der Waals surface area contributed by atoms with Crippen LogP contribution in [-0.2, 0) is 20.2 Å². The molecule has 1 amide bonds. The van der Waals surface area contributed by atoms with E-state index in [1.807, 2.05) is 45.0 Å². The second-order valence-corrected chi connectivity index (χ2v) is 10.8. The molecular formula is C24H34N2O3S. The Balaban J connectivity index is 2.26. The first-order chi connectivity index (χ1) is 13.8. The van der Waals surface area contributed by atoms with Crippen LogP contribution in [0.4, 0.5) is 5.69 Å². The summed E-state index contributed by atoms with van der Waals surface area (Å²) in [7, 11) is -3.64. The van der Waals surface area contributed by atoms with Crippen LogP contribution in [0, 0.1) is 6.92 Å². The van der Waals surface area contributed by atoms with Gasteiger partial charge in [-0.1, -0.05) is 69.7 Å². The number of anilines is 1. The lowest BCUT2D eigenvalue weighted by Crippen LogP contribution is -2.49. The molecule has 1 N–H and O–H groups in total. The van der Waals surface area contributed by atoms with E-state index in [1.165, 1.54) is 9.87 Å². The Morgan fingerprint density at radius 3 is 2.00 bits per heavy atom. The minimum absolute atomic E-state index is 0.0579. The Kier molecular flexibility index (Phi) is 7.35. The Morgan fingerprint density at radius 1 is 1.03 bits per heavy atom. The van der Waals surface area contributed by atoms with Crippen molar-refractivity contribution in [3.8, 4) is 0 Å². The Morgan fingerprint density at radius 2 is 1.57 bits per heavy atom. The van der Waals surface area contributed by atoms with Crippen molar-refractivity contribution in [1.29, 1.82) is 0 Å². The smallest absolute Gasteiger partial charge is 0.244 e. The fourth-order valence-electron chi connectivity index (χ4n) is 3.42. The third kappa shape index (κ3) is 5.85. The number of aryl methyl sites for hydroxylation is 1. The molecule has 2 unspecified atom stereocenters. The summed E-state index contributed by atoms with van der Waals surface area (Å²) in [6.45, 7) is 12.1. The van der Waals surface area contributed by atoms with Crippen molar-refractivity contribution in [1.82, 2.24) is 5.32 Å². The van der Waals surface area contributed by atoms with Crippen molar-refractivity contribution >= 4 is 21.6 Å². The lowest BCUT2D eigenvalue weighted by Gasteiger charge is -2.31. The molecule has 2 aromatic carbocycles. The first kappa shape index (κ1) is 23.9. The van der Waals surface area contributed by atoms with Gasteiger partial charge in [0.1, 0.15) is 6.04 Å². The van der Waals surface area contributed by atoms with Gasteiger partial charge in [-0.2, -0.15) is 0 Å². The lowest BCUT2D eigenvalue weighted by atomic mass is 9.86. The topological polar surface area (TPSA) is 66.5 Å². The number of sulfonamides is 1. The summed E-state index contributed by atoms with van der Waals surface area (Å²) >= 11 is 0. The number of carbonyl (C=O) groups is 1. The molecule has 0 bridgehead atoms. The fourth-order valence-corrected chi connectivity index (χ4v) is 4.63. The summed E-state index contributed by atoms with van der Waals surface area (Å²) in [5.41, 5.74) is 3.78. The predicted molar refractivity (Wildman–Crippen MR) is 124 cm³/mol. The normalized spacial score (nSPS) is 14.1. The largest absolute Gasteiger partial charge is 0.348 e. The van der Waals surface area contributed by atoms with Gasteiger partial charge >= 0.3 is 0 Å². The molecule has 6 heteroatoms. The number of rotatable bonds is 7. The summed E-state index contributed by atoms with van der Waals surface area (Å²) in [4.78, 5) is 13.1. The fraction of sp³-hybridized carbons (Fsp3) is 0.458. The highest BCUT2D eigenvalue weighted by Crippen LogP contribution is 2.25. The lowest BCUT2D eigenvalue weighted by molar-refractivity contribution is -0.122. The maximum atomic E-state index is 13.1. The number of nitrogens with one attached hydrogen (secondary N) is 1. The Hall–Kier alpha value is -2.34. The van der Waals surface area contributed by atoms with E-state index in [4.69, 9.17) is 0 Å². The highest BCUT2D eigenvalue weighted by atomic mass is 32.2. The van der Waals surface area contributed by atoms with Gasteiger partial charge in [-0.25, -0.2) is 8.42 Å². The molecule has 0 aromatic heterocycles. The molecular weight excluding hydrogens is 396 g/mol. The van der Waals surface area contributed by atoms with E-state index in [2.05, 4.69) is 38.2 Å². The quantitative estimate of drug-likeness (QED) is 0.691. The minimum Gasteiger partial charge on any atom is -0.348 e. The third-order valence-corrected chi connectivity index (χ3v) is 6.43. The molecule has 0 heterocycles. The molecule has 0 spiro atoms. The second-order valence-electron chi connectivity index (χ2n) is 8.92. The van der Waals surface area contributed by atoms with Crippen LogP contribution in [0.3, 0.4) is 0 Å². The molecule has 2 aromatic rings. The first-order valence-corrected chi connectivity index (χ1v) is 12.2. The number of nitrogens with zero attached hydrogens (tertiary/aromatic N) is 1. The summed E-state index contributed by atoms with van der Waals surface area (Å²) in [6, 6.07) is 14.3. The first-order valence-electron chi connectivity index (χ1n) is 10.3. The van der Waals surface area contributed by atoms with Gasteiger partial charge in [0, 0.05) is 0 Å². The van der Waals surface area contributed by atoms with Gasteiger partial charge in [-0.3, -0.25) is 9.10 Å². The molecule has 5 nitrogen and oxygen atoms in total. The minimum atomic E-state index is -3.64. The number of amides is 1. The summed E-state index contributed by atoms with van der Waals surface area (Å²) in [6.07, 6.45) is 1.50. The molecule has 2 rings (SSSR count). The van der Waals surface area contributed by atoms with Gasteiger partial charge in [-0.15, -0.1) is 0 Å². The predicted octanol–water partition coefficient (Wildman–Crippen LogP) is 4.71. The summed E-state index contributed by atoms with van der Waals surface area (Å²) in [5.74, 6) is -0.309. The third-order valence-electron chi connectivity index (χ3n) is 5.25. The molecule has 2 atom stereocenters. The van der Waals surface area contributed by atoms with E-state index < -0.39 is 16.1 Å². The monoisotopic (exact) mass is 430 g/mol. The van der Waals surface area contributed by atoms with Crippen molar-refractivity contribution in [3.05, 3.63) is 65.2 Å². The van der Waals surface area contributed by atoms with Crippen molar-refractivity contribution in [2.75, 3.05) is 10.6 Å². The summed E-state index contributed by atoms with van der Waals surface area (Å²) in [5, 5.41) is 2.99. The van der Waals surface area contributed by atoms with Crippen LogP contribution in [0.2, 0.25) is 0 Å². The van der Waals surface area contributed by atoms with Crippen LogP contribution in [0.5, 0.6) is 0 Å². The van der Waals surface area contributed by atoms with Gasteiger partial charge < -0.3 is 5.32 Å². The van der Waals surface area contributed by atoms with Gasteiger partial charge in [0.05, 0.1) is 18.0 Å². The number of hydrogen-bond donors (Lipinski definition) is 1. The van der Waals surface area contributed by atoms with Crippen LogP contribution < -0.4 is 9.62 Å². The molecule has 0 saturated heterocycles. The molecule has 0 fully saturated rings. The van der Waals surface area contributed by atoms with E-state index in [0.717, 1.165) is 17.4 Å². The van der Waals surface area contributed by atoms with Crippen molar-refractivity contribution in [3.63, 3.8) is 0 Å². The van der Waals surface area contributed by atoms with Gasteiger partial charge in [0.25, 0.3) is 0 Å². The van der Waals surface area contributed by atoms with Crippen molar-refractivity contribution in [2.24, 2.45) is 0 Å². The Bertz CT molecular complexity index is 959. The zero-order chi connectivity index (χ0) is 22.7. The average Bonchev–Trinajstić information content (AvgIpc) is 2.65. The SMILES string of the molecule is CCC(C(=O)NC(C)c1ccc(C(C)(C)C)cc1)N(c1ccc(C)cc1)S(C)(=O)=O. The van der Waals surface area contributed by atoms with E-state index in [-0.39, 0.29) is 17.4 Å². The zero-order valence-electron chi connectivity index (χ0n) is 19.1. The van der Waals surface area contributed by atoms with Crippen molar-refractivity contribution < 1.29 is 13.2 Å². The molecule has 0 aliphatic rings. The highest BCUT2D eigenvalue weighted by molar-refractivity contribution is 7.92. The number of benzene rings is 2. The van der Waals surface area contributed by atoms with E-state index in [1.54, 1.807) is 12.1 Å². The molecule has 0 aliphatic heterocycles. The molecule has 30 heavy (non-hydrogen) atoms. The zero-order valence-corrected chi connectivity index (χ0v) is 19.9. The van der Waals surface area contributed by atoms with Crippen LogP contribution in [0.1, 0.15) is 63.8 Å². The molecule has 0 saturated carbocycles. The standard InChI is InChI=1S/C24H34N2O3S/c1-8-22(26(30(7,28)29)21-15-9-17(2)10-16-21)23(27)25-18(3)19-11-13-20(14-12-19)24(4,5)6/h9-16,18,22H,8H2,1-7H3,(H,25,27). The number of hydrogen-bond acceptors (Lipinski definition) is 3. The van der Waals surface area contributed by atoms with Crippen LogP contribution in [-0.4, -0.2) is 26.6 Å². The van der Waals surface area contributed by atoms with Crippen LogP contribution >= 0.6 is 0 Å². The van der Waals surface area contributed by atoms with Gasteiger partial charge in [0.2, 0.25) is 15.9 Å². The highest BCUT2D eigenvalue weighted by Gasteiger charge is 2.32. The van der Waals surface area contributed by atoms with Crippen LogP contribution in [0.25, 0.3) is 0 Å². The van der Waals surface area contributed by atoms with E-state index in [0.29, 0.717) is 12.1 Å². The van der Waals surface area contributed by atoms with Crippen molar-refractivity contribution in [2.45, 2.75) is 65.5 Å². The van der Waals surface area contributed by atoms with E-state index in [9.17, 15) is 13.2 Å². The van der Waals surface area contributed by atoms with Gasteiger partial charge in [0.15, 0.2) is 0 Å². The molecule has 164 valence electrons. The van der Waals surface area contributed by atoms with Crippen LogP contribution in [0.15, 0.2) is 48.5 Å². The molecule has 0 radical (unpaired) electrons. The Labute approximate surface area is 181 Å². The van der Waals surface area contributed by atoms with Gasteiger partial charge in [-0.05, 0) is 48.9 Å². The summed E-state index contributed by atoms with van der Waals surface area (Å²) < 4.78 is 26.3.